The van der Waals surface area contributed by atoms with E-state index in [4.69, 9.17) is 4.74 Å². The van der Waals surface area contributed by atoms with Crippen molar-refractivity contribution in [3.63, 3.8) is 0 Å². The van der Waals surface area contributed by atoms with Crippen LogP contribution < -0.4 is 5.32 Å². The number of hydrogen-bond acceptors (Lipinski definition) is 4. The summed E-state index contributed by atoms with van der Waals surface area (Å²) in [6, 6.07) is 0. The summed E-state index contributed by atoms with van der Waals surface area (Å²) in [5, 5.41) is 23.8. The van der Waals surface area contributed by atoms with Crippen molar-refractivity contribution in [1.29, 1.82) is 0 Å². The average Bonchev–Trinajstić information content (AvgIpc) is 2.51. The van der Waals surface area contributed by atoms with E-state index < -0.39 is 11.2 Å². The Bertz CT molecular complexity index is 223. The zero-order valence-corrected chi connectivity index (χ0v) is 11.9. The van der Waals surface area contributed by atoms with Crippen LogP contribution in [-0.4, -0.2) is 48.2 Å². The van der Waals surface area contributed by atoms with E-state index in [1.165, 1.54) is 12.8 Å². The number of rotatable bonds is 7. The Hall–Kier alpha value is -0.160. The van der Waals surface area contributed by atoms with Crippen LogP contribution in [-0.2, 0) is 4.74 Å². The van der Waals surface area contributed by atoms with Crippen molar-refractivity contribution in [2.75, 3.05) is 26.8 Å². The molecule has 1 saturated carbocycles. The molecule has 0 aromatic carbocycles. The van der Waals surface area contributed by atoms with Crippen molar-refractivity contribution in [3.8, 4) is 0 Å². The van der Waals surface area contributed by atoms with Crippen molar-refractivity contribution in [1.82, 2.24) is 5.32 Å². The fourth-order valence-electron chi connectivity index (χ4n) is 2.54. The second-order valence-electron chi connectivity index (χ2n) is 5.98. The Labute approximate surface area is 111 Å². The largest absolute Gasteiger partial charge is 0.389 e. The number of nitrogens with one attached hydrogen (secondary N) is 1. The monoisotopic (exact) mass is 259 g/mol. The molecule has 0 saturated heterocycles. The van der Waals surface area contributed by atoms with Crippen LogP contribution in [0.2, 0.25) is 0 Å². The van der Waals surface area contributed by atoms with Crippen molar-refractivity contribution >= 4 is 0 Å². The SMILES string of the molecule is COCCC(C)(O)CNCC1(O)CCCCCC1. The predicted octanol–water partition coefficient (Wildman–Crippen LogP) is 1.45. The van der Waals surface area contributed by atoms with Gasteiger partial charge in [0.2, 0.25) is 0 Å². The lowest BCUT2D eigenvalue weighted by Gasteiger charge is -2.30. The van der Waals surface area contributed by atoms with Crippen molar-refractivity contribution < 1.29 is 14.9 Å². The van der Waals surface area contributed by atoms with E-state index in [1.807, 2.05) is 0 Å². The first-order chi connectivity index (χ1) is 8.47. The zero-order valence-electron chi connectivity index (χ0n) is 11.9. The average molecular weight is 259 g/mol. The van der Waals surface area contributed by atoms with E-state index in [0.29, 0.717) is 26.1 Å². The van der Waals surface area contributed by atoms with Crippen molar-refractivity contribution in [2.45, 2.75) is 63.1 Å². The van der Waals surface area contributed by atoms with E-state index in [0.717, 1.165) is 25.7 Å². The van der Waals surface area contributed by atoms with Gasteiger partial charge in [-0.05, 0) is 19.8 Å². The summed E-state index contributed by atoms with van der Waals surface area (Å²) in [6.07, 6.45) is 7.04. The molecule has 4 heteroatoms. The Balaban J connectivity index is 2.26. The topological polar surface area (TPSA) is 61.7 Å². The third kappa shape index (κ3) is 6.14. The molecule has 0 bridgehead atoms. The Kier molecular flexibility index (Phi) is 6.57. The van der Waals surface area contributed by atoms with Gasteiger partial charge in [0.05, 0.1) is 11.2 Å². The van der Waals surface area contributed by atoms with Crippen LogP contribution in [0.15, 0.2) is 0 Å². The molecule has 4 nitrogen and oxygen atoms in total. The molecule has 18 heavy (non-hydrogen) atoms. The van der Waals surface area contributed by atoms with Crippen LogP contribution in [0.3, 0.4) is 0 Å². The number of methoxy groups -OCH3 is 1. The van der Waals surface area contributed by atoms with E-state index in [9.17, 15) is 10.2 Å². The summed E-state index contributed by atoms with van der Waals surface area (Å²) in [4.78, 5) is 0. The van der Waals surface area contributed by atoms with Crippen LogP contribution in [0, 0.1) is 0 Å². The first kappa shape index (κ1) is 15.9. The fraction of sp³-hybridized carbons (Fsp3) is 1.00. The molecule has 1 unspecified atom stereocenters. The maximum atomic E-state index is 10.5. The van der Waals surface area contributed by atoms with Gasteiger partial charge < -0.3 is 20.3 Å². The number of ether oxygens (including phenoxy) is 1. The summed E-state index contributed by atoms with van der Waals surface area (Å²) >= 11 is 0. The maximum absolute atomic E-state index is 10.5. The maximum Gasteiger partial charge on any atom is 0.0771 e. The molecular weight excluding hydrogens is 230 g/mol. The Morgan fingerprint density at radius 3 is 2.39 bits per heavy atom. The van der Waals surface area contributed by atoms with Crippen LogP contribution in [0.25, 0.3) is 0 Å². The first-order valence-electron chi connectivity index (χ1n) is 7.12. The molecule has 0 spiro atoms. The highest BCUT2D eigenvalue weighted by molar-refractivity contribution is 4.85. The molecular formula is C14H29NO3. The van der Waals surface area contributed by atoms with Gasteiger partial charge in [-0.15, -0.1) is 0 Å². The smallest absolute Gasteiger partial charge is 0.0771 e. The Morgan fingerprint density at radius 1 is 1.22 bits per heavy atom. The first-order valence-corrected chi connectivity index (χ1v) is 7.12. The standard InChI is InChI=1S/C14H29NO3/c1-13(16,9-10-18-2)11-15-12-14(17)7-5-3-4-6-8-14/h15-17H,3-12H2,1-2H3. The van der Waals surface area contributed by atoms with Crippen molar-refractivity contribution in [2.24, 2.45) is 0 Å². The van der Waals surface area contributed by atoms with Crippen LogP contribution in [0.1, 0.15) is 51.9 Å². The predicted molar refractivity (Wildman–Crippen MR) is 72.6 cm³/mol. The van der Waals surface area contributed by atoms with E-state index in [2.05, 4.69) is 5.32 Å². The Morgan fingerprint density at radius 2 is 1.83 bits per heavy atom. The van der Waals surface area contributed by atoms with Gasteiger partial charge >= 0.3 is 0 Å². The van der Waals surface area contributed by atoms with Gasteiger partial charge in [0.15, 0.2) is 0 Å². The lowest BCUT2D eigenvalue weighted by atomic mass is 9.94. The second kappa shape index (κ2) is 7.43. The van der Waals surface area contributed by atoms with E-state index in [1.54, 1.807) is 14.0 Å². The third-order valence-electron chi connectivity index (χ3n) is 3.84. The molecule has 1 aliphatic rings. The van der Waals surface area contributed by atoms with Crippen LogP contribution in [0.4, 0.5) is 0 Å². The molecule has 1 rings (SSSR count). The molecule has 1 atom stereocenters. The minimum atomic E-state index is -0.767. The number of aliphatic hydroxyl groups is 2. The van der Waals surface area contributed by atoms with Gasteiger partial charge in [-0.2, -0.15) is 0 Å². The summed E-state index contributed by atoms with van der Waals surface area (Å²) in [5.41, 5.74) is -1.34. The summed E-state index contributed by atoms with van der Waals surface area (Å²) in [6.45, 7) is 3.43. The van der Waals surface area contributed by atoms with Crippen LogP contribution in [0.5, 0.6) is 0 Å². The molecule has 0 aromatic heterocycles. The highest BCUT2D eigenvalue weighted by Gasteiger charge is 2.28. The van der Waals surface area contributed by atoms with Crippen LogP contribution >= 0.6 is 0 Å². The van der Waals surface area contributed by atoms with Gasteiger partial charge in [0.25, 0.3) is 0 Å². The highest BCUT2D eigenvalue weighted by atomic mass is 16.5. The van der Waals surface area contributed by atoms with Gasteiger partial charge in [-0.25, -0.2) is 0 Å². The number of hydrogen-bond donors (Lipinski definition) is 3. The molecule has 108 valence electrons. The molecule has 0 radical (unpaired) electrons. The van der Waals surface area contributed by atoms with Gasteiger partial charge in [-0.1, -0.05) is 25.7 Å². The molecule has 0 heterocycles. The molecule has 0 aliphatic heterocycles. The molecule has 1 aliphatic carbocycles. The molecule has 3 N–H and O–H groups in total. The minimum Gasteiger partial charge on any atom is -0.389 e. The summed E-state index contributed by atoms with van der Waals surface area (Å²) in [5.74, 6) is 0. The normalized spacial score (nSPS) is 23.3. The van der Waals surface area contributed by atoms with Gasteiger partial charge in [0.1, 0.15) is 0 Å². The zero-order chi connectivity index (χ0) is 13.5. The third-order valence-corrected chi connectivity index (χ3v) is 3.84. The molecule has 0 amide bonds. The van der Waals surface area contributed by atoms with Gasteiger partial charge in [-0.3, -0.25) is 0 Å². The fourth-order valence-corrected chi connectivity index (χ4v) is 2.54. The lowest BCUT2D eigenvalue weighted by molar-refractivity contribution is 0.00230. The van der Waals surface area contributed by atoms with E-state index in [-0.39, 0.29) is 0 Å². The summed E-state index contributed by atoms with van der Waals surface area (Å²) in [7, 11) is 1.64. The molecule has 1 fully saturated rings. The quantitative estimate of drug-likeness (QED) is 0.606. The second-order valence-corrected chi connectivity index (χ2v) is 5.98. The summed E-state index contributed by atoms with van der Waals surface area (Å²) < 4.78 is 4.97. The van der Waals surface area contributed by atoms with Crippen molar-refractivity contribution in [3.05, 3.63) is 0 Å². The van der Waals surface area contributed by atoms with Gasteiger partial charge in [0, 0.05) is 33.2 Å². The minimum absolute atomic E-state index is 0.499. The van der Waals surface area contributed by atoms with E-state index >= 15 is 0 Å². The lowest BCUT2D eigenvalue weighted by Crippen LogP contribution is -2.46. The highest BCUT2D eigenvalue weighted by Crippen LogP contribution is 2.26. The molecule has 0 aromatic rings.